The molecule has 9 nitrogen and oxygen atoms in total. The molecule has 1 aromatic heterocycles. The van der Waals surface area contributed by atoms with Crippen molar-refractivity contribution in [2.24, 2.45) is 0 Å². The van der Waals surface area contributed by atoms with Crippen molar-refractivity contribution in [3.05, 3.63) is 65.4 Å². The largest absolute Gasteiger partial charge is 0.497 e. The quantitative estimate of drug-likeness (QED) is 0.507. The molecule has 1 fully saturated rings. The summed E-state index contributed by atoms with van der Waals surface area (Å²) in [5, 5.41) is 14.1. The maximum absolute atomic E-state index is 13.2. The minimum absolute atomic E-state index is 0.0452. The lowest BCUT2D eigenvalue weighted by molar-refractivity contribution is -0.149. The Hall–Kier alpha value is -3.21. The van der Waals surface area contributed by atoms with Crippen molar-refractivity contribution in [3.63, 3.8) is 0 Å². The number of carbonyl (C=O) groups excluding carboxylic acids is 1. The topological polar surface area (TPSA) is 119 Å². The summed E-state index contributed by atoms with van der Waals surface area (Å²) in [7, 11) is -2.42. The van der Waals surface area contributed by atoms with Gasteiger partial charge in [0.15, 0.2) is 12.4 Å². The molecule has 34 heavy (non-hydrogen) atoms. The number of rotatable bonds is 7. The first-order chi connectivity index (χ1) is 16.2. The maximum atomic E-state index is 13.2. The van der Waals surface area contributed by atoms with Crippen LogP contribution in [0.2, 0.25) is 0 Å². The van der Waals surface area contributed by atoms with E-state index in [1.54, 1.807) is 37.4 Å². The number of esters is 1. The van der Waals surface area contributed by atoms with Crippen LogP contribution in [0.1, 0.15) is 23.3 Å². The van der Waals surface area contributed by atoms with Gasteiger partial charge in [0.25, 0.3) is 0 Å². The SMILES string of the molecule is COc1ccc(-c2cc(COC(=O)C3CC(O)CN3S(=O)(=O)c3ccc(C)c(C)c3)on2)cc1. The van der Waals surface area contributed by atoms with Crippen molar-refractivity contribution in [2.45, 2.75) is 43.9 Å². The number of aliphatic hydroxyl groups excluding tert-OH is 1. The average molecular weight is 487 g/mol. The number of aromatic nitrogens is 1. The highest BCUT2D eigenvalue weighted by molar-refractivity contribution is 7.89. The Morgan fingerprint density at radius 1 is 1.15 bits per heavy atom. The fourth-order valence-electron chi connectivity index (χ4n) is 3.79. The Kier molecular flexibility index (Phi) is 6.74. The molecule has 180 valence electrons. The van der Waals surface area contributed by atoms with Gasteiger partial charge in [-0.3, -0.25) is 4.79 Å². The van der Waals surface area contributed by atoms with Gasteiger partial charge >= 0.3 is 5.97 Å². The van der Waals surface area contributed by atoms with Gasteiger partial charge in [0.1, 0.15) is 17.5 Å². The number of hydrogen-bond acceptors (Lipinski definition) is 8. The van der Waals surface area contributed by atoms with Crippen molar-refractivity contribution >= 4 is 16.0 Å². The molecule has 1 N–H and O–H groups in total. The number of nitrogens with zero attached hydrogens (tertiary/aromatic N) is 2. The highest BCUT2D eigenvalue weighted by Crippen LogP contribution is 2.29. The first kappa shape index (κ1) is 23.9. The van der Waals surface area contributed by atoms with E-state index in [-0.39, 0.29) is 24.5 Å². The van der Waals surface area contributed by atoms with E-state index < -0.39 is 28.1 Å². The lowest BCUT2D eigenvalue weighted by Gasteiger charge is -2.22. The highest BCUT2D eigenvalue weighted by atomic mass is 32.2. The van der Waals surface area contributed by atoms with Crippen LogP contribution in [0.4, 0.5) is 0 Å². The summed E-state index contributed by atoms with van der Waals surface area (Å²) in [6.45, 7) is 3.30. The molecule has 1 aliphatic heterocycles. The molecule has 1 aliphatic rings. The van der Waals surface area contributed by atoms with Crippen LogP contribution >= 0.6 is 0 Å². The first-order valence-corrected chi connectivity index (χ1v) is 12.2. The molecule has 0 saturated carbocycles. The monoisotopic (exact) mass is 486 g/mol. The summed E-state index contributed by atoms with van der Waals surface area (Å²) < 4.78 is 43.2. The third-order valence-electron chi connectivity index (χ3n) is 5.89. The van der Waals surface area contributed by atoms with Gasteiger partial charge in [-0.25, -0.2) is 8.42 Å². The van der Waals surface area contributed by atoms with Crippen LogP contribution in [0, 0.1) is 13.8 Å². The fourth-order valence-corrected chi connectivity index (χ4v) is 5.50. The van der Waals surface area contributed by atoms with E-state index in [1.807, 2.05) is 26.0 Å². The van der Waals surface area contributed by atoms with Gasteiger partial charge in [-0.05, 0) is 61.4 Å². The molecule has 0 amide bonds. The van der Waals surface area contributed by atoms with Crippen molar-refractivity contribution in [3.8, 4) is 17.0 Å². The molecule has 0 radical (unpaired) electrons. The Morgan fingerprint density at radius 3 is 2.56 bits per heavy atom. The number of hydrogen-bond donors (Lipinski definition) is 1. The molecule has 1 saturated heterocycles. The van der Waals surface area contributed by atoms with Crippen molar-refractivity contribution in [1.82, 2.24) is 9.46 Å². The molecule has 2 aromatic carbocycles. The number of ether oxygens (including phenoxy) is 2. The molecular weight excluding hydrogens is 460 g/mol. The van der Waals surface area contributed by atoms with Crippen molar-refractivity contribution in [2.75, 3.05) is 13.7 Å². The molecule has 10 heteroatoms. The molecule has 3 aromatic rings. The fraction of sp³-hybridized carbons (Fsp3) is 0.333. The predicted molar refractivity (Wildman–Crippen MR) is 123 cm³/mol. The Balaban J connectivity index is 1.45. The van der Waals surface area contributed by atoms with E-state index in [9.17, 15) is 18.3 Å². The second-order valence-electron chi connectivity index (χ2n) is 8.24. The number of benzene rings is 2. The van der Waals surface area contributed by atoms with E-state index >= 15 is 0 Å². The Morgan fingerprint density at radius 2 is 1.88 bits per heavy atom. The van der Waals surface area contributed by atoms with Crippen molar-refractivity contribution < 1.29 is 32.3 Å². The van der Waals surface area contributed by atoms with Crippen LogP contribution < -0.4 is 4.74 Å². The summed E-state index contributed by atoms with van der Waals surface area (Å²) in [5.41, 5.74) is 3.13. The summed E-state index contributed by atoms with van der Waals surface area (Å²) in [5.74, 6) is 0.257. The molecule has 0 spiro atoms. The van der Waals surface area contributed by atoms with E-state index in [0.29, 0.717) is 17.2 Å². The van der Waals surface area contributed by atoms with Crippen LogP contribution in [-0.2, 0) is 26.2 Å². The highest BCUT2D eigenvalue weighted by Gasteiger charge is 2.44. The number of aryl methyl sites for hydroxylation is 2. The third-order valence-corrected chi connectivity index (χ3v) is 7.76. The summed E-state index contributed by atoms with van der Waals surface area (Å²) in [4.78, 5) is 12.9. The van der Waals surface area contributed by atoms with E-state index in [1.165, 1.54) is 6.07 Å². The zero-order valence-electron chi connectivity index (χ0n) is 19.1. The first-order valence-electron chi connectivity index (χ1n) is 10.7. The number of aliphatic hydroxyl groups is 1. The van der Waals surface area contributed by atoms with E-state index in [2.05, 4.69) is 5.16 Å². The molecule has 2 unspecified atom stereocenters. The second kappa shape index (κ2) is 9.57. The van der Waals surface area contributed by atoms with Crippen LogP contribution in [0.25, 0.3) is 11.3 Å². The number of β-amino-alcohol motifs (C(OH)–C–C–N with tert-alkyl or cyclic N) is 1. The lowest BCUT2D eigenvalue weighted by Crippen LogP contribution is -2.41. The van der Waals surface area contributed by atoms with Gasteiger partial charge in [0.2, 0.25) is 10.0 Å². The molecular formula is C24H26N2O7S. The van der Waals surface area contributed by atoms with Gasteiger partial charge in [-0.2, -0.15) is 4.31 Å². The molecule has 2 heterocycles. The number of carbonyl (C=O) groups is 1. The van der Waals surface area contributed by atoms with Gasteiger partial charge < -0.3 is 19.1 Å². The molecule has 0 aliphatic carbocycles. The smallest absolute Gasteiger partial charge is 0.325 e. The van der Waals surface area contributed by atoms with Crippen LogP contribution in [0.3, 0.4) is 0 Å². The van der Waals surface area contributed by atoms with Crippen LogP contribution in [0.15, 0.2) is 57.9 Å². The van der Waals surface area contributed by atoms with Crippen LogP contribution in [0.5, 0.6) is 5.75 Å². The molecule has 0 bridgehead atoms. The third kappa shape index (κ3) is 4.84. The summed E-state index contributed by atoms with van der Waals surface area (Å²) in [6.07, 6.45) is -1.01. The second-order valence-corrected chi connectivity index (χ2v) is 10.1. The van der Waals surface area contributed by atoms with Gasteiger partial charge in [0.05, 0.1) is 18.1 Å². The minimum atomic E-state index is -4.00. The summed E-state index contributed by atoms with van der Waals surface area (Å²) in [6, 6.07) is 12.5. The lowest BCUT2D eigenvalue weighted by atomic mass is 10.1. The van der Waals surface area contributed by atoms with Gasteiger partial charge in [0, 0.05) is 24.6 Å². The van der Waals surface area contributed by atoms with E-state index in [0.717, 1.165) is 21.0 Å². The molecule has 2 atom stereocenters. The minimum Gasteiger partial charge on any atom is -0.497 e. The maximum Gasteiger partial charge on any atom is 0.325 e. The number of sulfonamides is 1. The van der Waals surface area contributed by atoms with Gasteiger partial charge in [-0.1, -0.05) is 11.2 Å². The Labute approximate surface area is 197 Å². The Bertz CT molecular complexity index is 1280. The van der Waals surface area contributed by atoms with E-state index in [4.69, 9.17) is 14.0 Å². The predicted octanol–water partition coefficient (Wildman–Crippen LogP) is 2.83. The summed E-state index contributed by atoms with van der Waals surface area (Å²) >= 11 is 0. The normalized spacial score (nSPS) is 18.7. The average Bonchev–Trinajstić information content (AvgIpc) is 3.46. The van der Waals surface area contributed by atoms with Crippen LogP contribution in [-0.4, -0.2) is 54.8 Å². The standard InChI is InChI=1S/C24H26N2O7S/c1-15-4-9-21(10-16(15)2)34(29,30)26-13-18(27)11-23(26)24(28)32-14-20-12-22(25-33-20)17-5-7-19(31-3)8-6-17/h4-10,12,18,23,27H,11,13-14H2,1-3H3. The molecule has 4 rings (SSSR count). The van der Waals surface area contributed by atoms with Crippen molar-refractivity contribution in [1.29, 1.82) is 0 Å². The number of methoxy groups -OCH3 is 1. The van der Waals surface area contributed by atoms with Gasteiger partial charge in [-0.15, -0.1) is 0 Å². The zero-order valence-corrected chi connectivity index (χ0v) is 19.9. The zero-order chi connectivity index (χ0) is 24.5.